The molecule has 3 nitrogen and oxygen atoms in total. The monoisotopic (exact) mass is 196 g/mol. The van der Waals surface area contributed by atoms with Crippen molar-refractivity contribution in [3.8, 4) is 0 Å². The highest BCUT2D eigenvalue weighted by Crippen LogP contribution is 2.01. The number of ether oxygens (including phenoxy) is 1. The van der Waals surface area contributed by atoms with Crippen LogP contribution in [0.2, 0.25) is 0 Å². The highest BCUT2D eigenvalue weighted by atomic mass is 16.5. The van der Waals surface area contributed by atoms with Gasteiger partial charge in [-0.05, 0) is 26.0 Å². The highest BCUT2D eigenvalue weighted by Gasteiger charge is 2.00. The van der Waals surface area contributed by atoms with E-state index in [1.807, 2.05) is 0 Å². The van der Waals surface area contributed by atoms with Gasteiger partial charge in [0, 0.05) is 38.6 Å². The van der Waals surface area contributed by atoms with E-state index in [-0.39, 0.29) is 6.10 Å². The van der Waals surface area contributed by atoms with Gasteiger partial charge in [-0.1, -0.05) is 0 Å². The Morgan fingerprint density at radius 3 is 3.00 bits per heavy atom. The first-order valence-corrected chi connectivity index (χ1v) is 5.15. The molecule has 80 valence electrons. The Morgan fingerprint density at radius 1 is 1.57 bits per heavy atom. The van der Waals surface area contributed by atoms with Gasteiger partial charge < -0.3 is 14.6 Å². The zero-order valence-corrected chi connectivity index (χ0v) is 9.29. The summed E-state index contributed by atoms with van der Waals surface area (Å²) in [5, 5.41) is 3.37. The van der Waals surface area contributed by atoms with Crippen LogP contribution in [0.1, 0.15) is 19.5 Å². The molecule has 3 heteroatoms. The molecule has 0 fully saturated rings. The number of hydrogen-bond donors (Lipinski definition) is 1. The van der Waals surface area contributed by atoms with Crippen LogP contribution >= 0.6 is 0 Å². The van der Waals surface area contributed by atoms with Crippen molar-refractivity contribution in [3.05, 3.63) is 24.0 Å². The van der Waals surface area contributed by atoms with Crippen molar-refractivity contribution in [1.29, 1.82) is 0 Å². The molecule has 1 aromatic rings. The molecule has 0 bridgehead atoms. The molecular weight excluding hydrogens is 176 g/mol. The number of aromatic nitrogens is 1. The Kier molecular flexibility index (Phi) is 4.70. The predicted octanol–water partition coefficient (Wildman–Crippen LogP) is 1.63. The van der Waals surface area contributed by atoms with Gasteiger partial charge >= 0.3 is 0 Å². The molecule has 1 rings (SSSR count). The van der Waals surface area contributed by atoms with E-state index in [1.54, 1.807) is 7.11 Å². The van der Waals surface area contributed by atoms with Crippen LogP contribution in [-0.4, -0.2) is 24.3 Å². The zero-order valence-electron chi connectivity index (χ0n) is 9.29. The second-order valence-corrected chi connectivity index (χ2v) is 3.46. The molecule has 1 N–H and O–H groups in total. The van der Waals surface area contributed by atoms with Crippen molar-refractivity contribution in [2.75, 3.05) is 13.7 Å². The summed E-state index contributed by atoms with van der Waals surface area (Å²) in [6, 6.07) is 4.23. The molecule has 0 aromatic carbocycles. The SMILES string of the molecule is CCn1cccc1CNCC(C)OC. The maximum atomic E-state index is 5.16. The predicted molar refractivity (Wildman–Crippen MR) is 58.3 cm³/mol. The van der Waals surface area contributed by atoms with Crippen LogP contribution in [0.4, 0.5) is 0 Å². The number of hydrogen-bond acceptors (Lipinski definition) is 2. The maximum absolute atomic E-state index is 5.16. The van der Waals surface area contributed by atoms with Gasteiger partial charge in [0.15, 0.2) is 0 Å². The fraction of sp³-hybridized carbons (Fsp3) is 0.636. The molecule has 1 atom stereocenters. The first-order chi connectivity index (χ1) is 6.77. The van der Waals surface area contributed by atoms with Gasteiger partial charge in [-0.2, -0.15) is 0 Å². The van der Waals surface area contributed by atoms with Crippen molar-refractivity contribution in [2.24, 2.45) is 0 Å². The molecule has 1 aromatic heterocycles. The normalized spacial score (nSPS) is 13.1. The minimum absolute atomic E-state index is 0.278. The maximum Gasteiger partial charge on any atom is 0.0667 e. The van der Waals surface area contributed by atoms with Crippen LogP contribution in [0.5, 0.6) is 0 Å². The summed E-state index contributed by atoms with van der Waals surface area (Å²) >= 11 is 0. The molecule has 0 saturated heterocycles. The van der Waals surface area contributed by atoms with Gasteiger partial charge in [0.1, 0.15) is 0 Å². The van der Waals surface area contributed by atoms with Gasteiger partial charge in [-0.3, -0.25) is 0 Å². The van der Waals surface area contributed by atoms with Gasteiger partial charge in [-0.15, -0.1) is 0 Å². The number of nitrogens with one attached hydrogen (secondary N) is 1. The van der Waals surface area contributed by atoms with E-state index in [1.165, 1.54) is 5.69 Å². The van der Waals surface area contributed by atoms with Crippen molar-refractivity contribution >= 4 is 0 Å². The lowest BCUT2D eigenvalue weighted by molar-refractivity contribution is 0.117. The Hall–Kier alpha value is -0.800. The Morgan fingerprint density at radius 2 is 2.36 bits per heavy atom. The molecule has 0 spiro atoms. The van der Waals surface area contributed by atoms with Gasteiger partial charge in [0.05, 0.1) is 6.10 Å². The third-order valence-electron chi connectivity index (χ3n) is 2.40. The van der Waals surface area contributed by atoms with E-state index in [9.17, 15) is 0 Å². The third kappa shape index (κ3) is 3.16. The van der Waals surface area contributed by atoms with Gasteiger partial charge in [0.25, 0.3) is 0 Å². The van der Waals surface area contributed by atoms with Crippen molar-refractivity contribution in [1.82, 2.24) is 9.88 Å². The average Bonchev–Trinajstić information content (AvgIpc) is 2.65. The molecule has 0 radical (unpaired) electrons. The molecule has 0 aliphatic heterocycles. The van der Waals surface area contributed by atoms with E-state index in [0.717, 1.165) is 19.6 Å². The lowest BCUT2D eigenvalue weighted by Gasteiger charge is -2.11. The fourth-order valence-corrected chi connectivity index (χ4v) is 1.41. The van der Waals surface area contributed by atoms with Crippen LogP contribution in [-0.2, 0) is 17.8 Å². The van der Waals surface area contributed by atoms with Crippen LogP contribution in [0, 0.1) is 0 Å². The average molecular weight is 196 g/mol. The minimum Gasteiger partial charge on any atom is -0.380 e. The molecule has 0 saturated carbocycles. The van der Waals surface area contributed by atoms with E-state index in [2.05, 4.69) is 42.1 Å². The number of rotatable bonds is 6. The van der Waals surface area contributed by atoms with Crippen LogP contribution < -0.4 is 5.32 Å². The molecule has 1 heterocycles. The number of aryl methyl sites for hydroxylation is 1. The van der Waals surface area contributed by atoms with E-state index < -0.39 is 0 Å². The molecule has 0 aliphatic rings. The molecule has 0 aliphatic carbocycles. The molecule has 0 amide bonds. The lowest BCUT2D eigenvalue weighted by atomic mass is 10.3. The highest BCUT2D eigenvalue weighted by molar-refractivity contribution is 5.06. The Bertz CT molecular complexity index is 258. The van der Waals surface area contributed by atoms with E-state index in [4.69, 9.17) is 4.74 Å². The summed E-state index contributed by atoms with van der Waals surface area (Å²) in [5.41, 5.74) is 1.33. The molecule has 14 heavy (non-hydrogen) atoms. The Labute approximate surface area is 86.1 Å². The second-order valence-electron chi connectivity index (χ2n) is 3.46. The van der Waals surface area contributed by atoms with Crippen LogP contribution in [0.3, 0.4) is 0 Å². The summed E-state index contributed by atoms with van der Waals surface area (Å²) in [6.07, 6.45) is 2.39. The third-order valence-corrected chi connectivity index (χ3v) is 2.40. The van der Waals surface area contributed by atoms with Gasteiger partial charge in [0.2, 0.25) is 0 Å². The molecule has 1 unspecified atom stereocenters. The van der Waals surface area contributed by atoms with Crippen molar-refractivity contribution in [2.45, 2.75) is 33.0 Å². The van der Waals surface area contributed by atoms with Crippen molar-refractivity contribution < 1.29 is 4.74 Å². The number of nitrogens with zero attached hydrogens (tertiary/aromatic N) is 1. The molecular formula is C11H20N2O. The summed E-state index contributed by atoms with van der Waals surface area (Å²) in [5.74, 6) is 0. The zero-order chi connectivity index (χ0) is 10.4. The lowest BCUT2D eigenvalue weighted by Crippen LogP contribution is -2.26. The summed E-state index contributed by atoms with van der Waals surface area (Å²) in [4.78, 5) is 0. The standard InChI is InChI=1S/C11H20N2O/c1-4-13-7-5-6-11(13)9-12-8-10(2)14-3/h5-7,10,12H,4,8-9H2,1-3H3. The Balaban J connectivity index is 2.31. The smallest absolute Gasteiger partial charge is 0.0667 e. The van der Waals surface area contributed by atoms with Gasteiger partial charge in [-0.25, -0.2) is 0 Å². The fourth-order valence-electron chi connectivity index (χ4n) is 1.41. The largest absolute Gasteiger partial charge is 0.380 e. The van der Waals surface area contributed by atoms with E-state index >= 15 is 0 Å². The second kappa shape index (κ2) is 5.83. The van der Waals surface area contributed by atoms with Crippen LogP contribution in [0.15, 0.2) is 18.3 Å². The first-order valence-electron chi connectivity index (χ1n) is 5.15. The summed E-state index contributed by atoms with van der Waals surface area (Å²) in [7, 11) is 1.74. The summed E-state index contributed by atoms with van der Waals surface area (Å²) in [6.45, 7) is 7.05. The minimum atomic E-state index is 0.278. The van der Waals surface area contributed by atoms with Crippen LogP contribution in [0.25, 0.3) is 0 Å². The van der Waals surface area contributed by atoms with E-state index in [0.29, 0.717) is 0 Å². The first kappa shape index (κ1) is 11.3. The quantitative estimate of drug-likeness (QED) is 0.748. The summed E-state index contributed by atoms with van der Waals surface area (Å²) < 4.78 is 7.40. The van der Waals surface area contributed by atoms with Crippen molar-refractivity contribution in [3.63, 3.8) is 0 Å². The number of methoxy groups -OCH3 is 1. The topological polar surface area (TPSA) is 26.2 Å².